The molecule has 0 radical (unpaired) electrons. The summed E-state index contributed by atoms with van der Waals surface area (Å²) in [6, 6.07) is 17.8. The van der Waals surface area contributed by atoms with E-state index in [1.807, 2.05) is 45.3 Å². The monoisotopic (exact) mass is 322 g/mol. The third-order valence-electron chi connectivity index (χ3n) is 3.65. The molecule has 3 aromatic rings. The van der Waals surface area contributed by atoms with E-state index < -0.39 is 0 Å². The highest BCUT2D eigenvalue weighted by Crippen LogP contribution is 2.27. The maximum atomic E-state index is 12.9. The number of rotatable bonds is 4. The van der Waals surface area contributed by atoms with Crippen LogP contribution in [0.15, 0.2) is 60.7 Å². The van der Waals surface area contributed by atoms with Crippen molar-refractivity contribution in [1.29, 1.82) is 0 Å². The van der Waals surface area contributed by atoms with Gasteiger partial charge in [-0.3, -0.25) is 4.98 Å². The molecule has 2 aromatic carbocycles. The fourth-order valence-electron chi connectivity index (χ4n) is 2.39. The maximum Gasteiger partial charge on any atom is 0.127 e. The molecule has 122 valence electrons. The molecule has 0 unspecified atom stereocenters. The molecule has 0 saturated heterocycles. The van der Waals surface area contributed by atoms with E-state index >= 15 is 0 Å². The summed E-state index contributed by atoms with van der Waals surface area (Å²) in [5.41, 5.74) is 4.03. The molecule has 0 bridgehead atoms. The van der Waals surface area contributed by atoms with Crippen molar-refractivity contribution in [2.24, 2.45) is 0 Å². The van der Waals surface area contributed by atoms with Gasteiger partial charge in [0.05, 0.1) is 5.69 Å². The summed E-state index contributed by atoms with van der Waals surface area (Å²) in [6.07, 6.45) is 0. The average molecular weight is 322 g/mol. The third kappa shape index (κ3) is 3.71. The fourth-order valence-corrected chi connectivity index (χ4v) is 2.39. The number of nitrogens with zero attached hydrogens (tertiary/aromatic N) is 2. The van der Waals surface area contributed by atoms with Crippen molar-refractivity contribution in [3.63, 3.8) is 0 Å². The van der Waals surface area contributed by atoms with Crippen molar-refractivity contribution in [3.8, 4) is 22.8 Å². The summed E-state index contributed by atoms with van der Waals surface area (Å²) in [4.78, 5) is 6.66. The maximum absolute atomic E-state index is 12.9. The largest absolute Gasteiger partial charge is 0.457 e. The summed E-state index contributed by atoms with van der Waals surface area (Å²) in [6.45, 7) is 1.99. The molecular formula is C20H19FN2O. The van der Waals surface area contributed by atoms with Gasteiger partial charge in [-0.2, -0.15) is 0 Å². The molecule has 4 heteroatoms. The van der Waals surface area contributed by atoms with Gasteiger partial charge in [0.15, 0.2) is 0 Å². The number of benzene rings is 2. The normalized spacial score (nSPS) is 10.5. The topological polar surface area (TPSA) is 25.4 Å². The van der Waals surface area contributed by atoms with E-state index in [4.69, 9.17) is 4.74 Å². The van der Waals surface area contributed by atoms with E-state index in [2.05, 4.69) is 22.0 Å². The molecule has 0 spiro atoms. The molecule has 0 aliphatic carbocycles. The first-order valence-electron chi connectivity index (χ1n) is 7.71. The molecule has 3 rings (SSSR count). The molecule has 0 aliphatic heterocycles. The van der Waals surface area contributed by atoms with Crippen LogP contribution in [0.2, 0.25) is 0 Å². The molecule has 0 fully saturated rings. The predicted molar refractivity (Wildman–Crippen MR) is 95.2 cm³/mol. The van der Waals surface area contributed by atoms with Crippen LogP contribution in [-0.2, 0) is 0 Å². The first-order chi connectivity index (χ1) is 11.5. The van der Waals surface area contributed by atoms with Crippen LogP contribution in [0.5, 0.6) is 11.5 Å². The fraction of sp³-hybridized carbons (Fsp3) is 0.150. The number of hydrogen-bond acceptors (Lipinski definition) is 3. The number of hydrogen-bond donors (Lipinski definition) is 0. The number of aryl methyl sites for hydroxylation is 1. The number of halogens is 1. The van der Waals surface area contributed by atoms with Gasteiger partial charge < -0.3 is 9.64 Å². The van der Waals surface area contributed by atoms with Gasteiger partial charge in [-0.05, 0) is 67.6 Å². The predicted octanol–water partition coefficient (Wildman–Crippen LogP) is 5.05. The van der Waals surface area contributed by atoms with Gasteiger partial charge >= 0.3 is 0 Å². The van der Waals surface area contributed by atoms with Crippen LogP contribution in [0.1, 0.15) is 5.69 Å². The van der Waals surface area contributed by atoms with E-state index in [0.717, 1.165) is 22.6 Å². The summed E-state index contributed by atoms with van der Waals surface area (Å²) < 4.78 is 18.6. The van der Waals surface area contributed by atoms with Crippen molar-refractivity contribution in [2.45, 2.75) is 6.92 Å². The Morgan fingerprint density at radius 1 is 0.875 bits per heavy atom. The molecule has 24 heavy (non-hydrogen) atoms. The SMILES string of the molecule is Cc1cc(N(C)C)cc(-c2ccc(Oc3ccc(F)cc3)cc2)n1. The van der Waals surface area contributed by atoms with Crippen molar-refractivity contribution in [2.75, 3.05) is 19.0 Å². The lowest BCUT2D eigenvalue weighted by Gasteiger charge is -2.14. The zero-order chi connectivity index (χ0) is 17.1. The lowest BCUT2D eigenvalue weighted by Crippen LogP contribution is -2.09. The quantitative estimate of drug-likeness (QED) is 0.672. The summed E-state index contributed by atoms with van der Waals surface area (Å²) in [5, 5.41) is 0. The van der Waals surface area contributed by atoms with E-state index in [1.54, 1.807) is 12.1 Å². The molecular weight excluding hydrogens is 303 g/mol. The van der Waals surface area contributed by atoms with Gasteiger partial charge in [-0.25, -0.2) is 4.39 Å². The highest BCUT2D eigenvalue weighted by atomic mass is 19.1. The number of pyridine rings is 1. The minimum atomic E-state index is -0.278. The van der Waals surface area contributed by atoms with Crippen LogP contribution < -0.4 is 9.64 Å². The van der Waals surface area contributed by atoms with Gasteiger partial charge in [0.2, 0.25) is 0 Å². The Labute approximate surface area is 141 Å². The van der Waals surface area contributed by atoms with Crippen molar-refractivity contribution < 1.29 is 9.13 Å². The Morgan fingerprint density at radius 2 is 1.46 bits per heavy atom. The van der Waals surface area contributed by atoms with Crippen molar-refractivity contribution >= 4 is 5.69 Å². The zero-order valence-corrected chi connectivity index (χ0v) is 14.0. The summed E-state index contributed by atoms with van der Waals surface area (Å²) in [7, 11) is 4.02. The van der Waals surface area contributed by atoms with Crippen LogP contribution >= 0.6 is 0 Å². The lowest BCUT2D eigenvalue weighted by atomic mass is 10.1. The number of ether oxygens (including phenoxy) is 1. The molecule has 0 aliphatic rings. The molecule has 0 amide bonds. The van der Waals surface area contributed by atoms with Crippen molar-refractivity contribution in [3.05, 3.63) is 72.2 Å². The highest BCUT2D eigenvalue weighted by molar-refractivity contribution is 5.65. The molecule has 0 atom stereocenters. The second-order valence-corrected chi connectivity index (χ2v) is 5.83. The Hall–Kier alpha value is -2.88. The van der Waals surface area contributed by atoms with Crippen molar-refractivity contribution in [1.82, 2.24) is 4.98 Å². The Kier molecular flexibility index (Phi) is 4.47. The molecule has 0 N–H and O–H groups in total. The van der Waals surface area contributed by atoms with Gasteiger partial charge in [-0.15, -0.1) is 0 Å². The third-order valence-corrected chi connectivity index (χ3v) is 3.65. The Bertz CT molecular complexity index is 827. The molecule has 1 heterocycles. The Balaban J connectivity index is 1.83. The number of anilines is 1. The van der Waals surface area contributed by atoms with E-state index in [9.17, 15) is 4.39 Å². The van der Waals surface area contributed by atoms with Crippen LogP contribution in [0.4, 0.5) is 10.1 Å². The minimum absolute atomic E-state index is 0.278. The number of aromatic nitrogens is 1. The van der Waals surface area contributed by atoms with Crippen LogP contribution in [0, 0.1) is 12.7 Å². The van der Waals surface area contributed by atoms with E-state index in [-0.39, 0.29) is 5.82 Å². The first kappa shape index (κ1) is 16.0. The lowest BCUT2D eigenvalue weighted by molar-refractivity contribution is 0.480. The van der Waals surface area contributed by atoms with Gasteiger partial charge in [-0.1, -0.05) is 0 Å². The van der Waals surface area contributed by atoms with Gasteiger partial charge in [0.25, 0.3) is 0 Å². The Morgan fingerprint density at radius 3 is 2.04 bits per heavy atom. The standard InChI is InChI=1S/C20H19FN2O/c1-14-12-17(23(2)3)13-20(22-14)15-4-8-18(9-5-15)24-19-10-6-16(21)7-11-19/h4-13H,1-3H3. The minimum Gasteiger partial charge on any atom is -0.457 e. The second kappa shape index (κ2) is 6.71. The molecule has 1 aromatic heterocycles. The summed E-state index contributed by atoms with van der Waals surface area (Å²) in [5.74, 6) is 1.03. The van der Waals surface area contributed by atoms with Crippen LogP contribution in [0.3, 0.4) is 0 Å². The van der Waals surface area contributed by atoms with Gasteiger partial charge in [0, 0.05) is 31.0 Å². The van der Waals surface area contributed by atoms with Crippen LogP contribution in [0.25, 0.3) is 11.3 Å². The highest BCUT2D eigenvalue weighted by Gasteiger charge is 2.05. The average Bonchev–Trinajstić information content (AvgIpc) is 2.57. The smallest absolute Gasteiger partial charge is 0.127 e. The summed E-state index contributed by atoms with van der Waals surface area (Å²) >= 11 is 0. The van der Waals surface area contributed by atoms with E-state index in [0.29, 0.717) is 11.5 Å². The van der Waals surface area contributed by atoms with Gasteiger partial charge in [0.1, 0.15) is 17.3 Å². The van der Waals surface area contributed by atoms with Crippen LogP contribution in [-0.4, -0.2) is 19.1 Å². The molecule has 0 saturated carbocycles. The zero-order valence-electron chi connectivity index (χ0n) is 14.0. The second-order valence-electron chi connectivity index (χ2n) is 5.83. The molecule has 3 nitrogen and oxygen atoms in total. The first-order valence-corrected chi connectivity index (χ1v) is 7.71. The van der Waals surface area contributed by atoms with E-state index in [1.165, 1.54) is 12.1 Å².